The van der Waals surface area contributed by atoms with E-state index in [0.29, 0.717) is 49.5 Å². The molecule has 3 aromatic heterocycles. The molecule has 0 unspecified atom stereocenters. The zero-order valence-corrected chi connectivity index (χ0v) is 23.3. The van der Waals surface area contributed by atoms with Gasteiger partial charge in [-0.2, -0.15) is 4.98 Å². The lowest BCUT2D eigenvalue weighted by Gasteiger charge is -2.28. The highest BCUT2D eigenvalue weighted by Gasteiger charge is 2.25. The Labute approximate surface area is 229 Å². The molecule has 0 bridgehead atoms. The minimum Gasteiger partial charge on any atom is -0.444 e. The van der Waals surface area contributed by atoms with Gasteiger partial charge in [-0.1, -0.05) is 38.1 Å². The number of oxazole rings is 1. The van der Waals surface area contributed by atoms with Gasteiger partial charge in [0.2, 0.25) is 11.8 Å². The van der Waals surface area contributed by atoms with Gasteiger partial charge >= 0.3 is 0 Å². The van der Waals surface area contributed by atoms with Gasteiger partial charge in [-0.05, 0) is 19.1 Å². The zero-order chi connectivity index (χ0) is 27.6. The molecule has 0 aliphatic carbocycles. The number of morpholine rings is 1. The molecular weight excluding hydrogens is 490 g/mol. The first-order valence-corrected chi connectivity index (χ1v) is 13.2. The number of aromatic nitrogens is 4. The van der Waals surface area contributed by atoms with Crippen LogP contribution in [0.3, 0.4) is 0 Å². The van der Waals surface area contributed by atoms with Crippen molar-refractivity contribution >= 4 is 23.2 Å². The standard InChI is InChI=1S/C28H29N7O2.C2H6/c1-4-6-23(29-2)20-7-5-8-21(19-20)25-24(27-30-11-16-37-27)26(31-22-9-12-34(3)13-10-22)33-28(32-25)35-14-17-36-18-15-35;1-2/h4-13,16,19H,14-15,17-18H2,1-3H3;1-2H3/p+1/b6-4-,29-23?;. The molecule has 4 heterocycles. The summed E-state index contributed by atoms with van der Waals surface area (Å²) in [5.41, 5.74) is 5.10. The van der Waals surface area contributed by atoms with Crippen LogP contribution < -0.4 is 14.8 Å². The predicted molar refractivity (Wildman–Crippen MR) is 156 cm³/mol. The van der Waals surface area contributed by atoms with Gasteiger partial charge < -0.3 is 19.4 Å². The summed E-state index contributed by atoms with van der Waals surface area (Å²) < 4.78 is 13.4. The van der Waals surface area contributed by atoms with E-state index in [-0.39, 0.29) is 0 Å². The topological polar surface area (TPSA) is 92.5 Å². The van der Waals surface area contributed by atoms with Crippen LogP contribution in [-0.2, 0) is 11.8 Å². The Bertz CT molecular complexity index is 1410. The Hall–Kier alpha value is -4.37. The lowest BCUT2D eigenvalue weighted by molar-refractivity contribution is -0.671. The van der Waals surface area contributed by atoms with Crippen molar-refractivity contribution in [1.82, 2.24) is 15.0 Å². The Kier molecular flexibility index (Phi) is 9.53. The summed E-state index contributed by atoms with van der Waals surface area (Å²) in [6.45, 7) is 8.68. The van der Waals surface area contributed by atoms with Crippen LogP contribution in [0, 0.1) is 0 Å². The van der Waals surface area contributed by atoms with Crippen LogP contribution in [0.2, 0.25) is 0 Å². The smallest absolute Gasteiger partial charge is 0.231 e. The summed E-state index contributed by atoms with van der Waals surface area (Å²) in [6.07, 6.45) is 11.1. The van der Waals surface area contributed by atoms with Crippen LogP contribution in [0.4, 0.5) is 17.5 Å². The summed E-state index contributed by atoms with van der Waals surface area (Å²) in [5, 5.41) is 3.49. The van der Waals surface area contributed by atoms with Gasteiger partial charge in [0.1, 0.15) is 24.7 Å². The monoisotopic (exact) mass is 526 g/mol. The lowest BCUT2D eigenvalue weighted by Crippen LogP contribution is -2.37. The van der Waals surface area contributed by atoms with Gasteiger partial charge in [0, 0.05) is 43.4 Å². The Balaban J connectivity index is 0.00000172. The van der Waals surface area contributed by atoms with Gasteiger partial charge in [-0.25, -0.2) is 14.5 Å². The summed E-state index contributed by atoms with van der Waals surface area (Å²) in [4.78, 5) is 21.1. The predicted octanol–water partition coefficient (Wildman–Crippen LogP) is 5.22. The molecule has 202 valence electrons. The lowest BCUT2D eigenvalue weighted by atomic mass is 10.0. The molecule has 39 heavy (non-hydrogen) atoms. The highest BCUT2D eigenvalue weighted by molar-refractivity contribution is 6.09. The number of hydrogen-bond donors (Lipinski definition) is 1. The normalized spacial score (nSPS) is 13.8. The molecule has 1 fully saturated rings. The van der Waals surface area contributed by atoms with E-state index in [0.717, 1.165) is 28.2 Å². The fourth-order valence-electron chi connectivity index (χ4n) is 4.21. The van der Waals surface area contributed by atoms with E-state index in [4.69, 9.17) is 19.1 Å². The molecule has 0 radical (unpaired) electrons. The summed E-state index contributed by atoms with van der Waals surface area (Å²) >= 11 is 0. The van der Waals surface area contributed by atoms with Crippen molar-refractivity contribution in [1.29, 1.82) is 0 Å². The number of hydrogen-bond acceptors (Lipinski definition) is 8. The number of aliphatic imine (C=N–C) groups is 1. The van der Waals surface area contributed by atoms with E-state index < -0.39 is 0 Å². The highest BCUT2D eigenvalue weighted by Crippen LogP contribution is 2.38. The van der Waals surface area contributed by atoms with E-state index in [1.165, 1.54) is 0 Å². The van der Waals surface area contributed by atoms with Crippen molar-refractivity contribution in [3.8, 4) is 22.7 Å². The summed E-state index contributed by atoms with van der Waals surface area (Å²) in [6, 6.07) is 12.2. The van der Waals surface area contributed by atoms with Gasteiger partial charge in [0.15, 0.2) is 12.4 Å². The van der Waals surface area contributed by atoms with Crippen LogP contribution in [-0.4, -0.2) is 54.0 Å². The summed E-state index contributed by atoms with van der Waals surface area (Å²) in [5.74, 6) is 1.68. The van der Waals surface area contributed by atoms with Crippen LogP contribution in [0.1, 0.15) is 26.3 Å². The summed E-state index contributed by atoms with van der Waals surface area (Å²) in [7, 11) is 3.78. The van der Waals surface area contributed by atoms with Gasteiger partial charge in [0.25, 0.3) is 0 Å². The van der Waals surface area contributed by atoms with Gasteiger partial charge in [-0.3, -0.25) is 4.99 Å². The first-order valence-electron chi connectivity index (χ1n) is 13.2. The highest BCUT2D eigenvalue weighted by atomic mass is 16.5. The molecule has 4 aromatic rings. The zero-order valence-electron chi connectivity index (χ0n) is 23.3. The number of nitrogens with one attached hydrogen (secondary N) is 1. The van der Waals surface area contributed by atoms with Crippen LogP contribution >= 0.6 is 0 Å². The van der Waals surface area contributed by atoms with Gasteiger partial charge in [-0.15, -0.1) is 0 Å². The molecule has 1 N–H and O–H groups in total. The van der Waals surface area contributed by atoms with Crippen LogP contribution in [0.25, 0.3) is 22.7 Å². The average Bonchev–Trinajstić information content (AvgIpc) is 3.53. The maximum atomic E-state index is 5.80. The van der Waals surface area contributed by atoms with Crippen molar-refractivity contribution in [2.45, 2.75) is 20.8 Å². The van der Waals surface area contributed by atoms with Gasteiger partial charge in [0.05, 0.1) is 36.5 Å². The SMILES string of the molecule is C/C=C\C(=NC)c1cccc(-c2nc(N3CCOCC3)nc(Nc3cc[n+](C)cc3)c2-c2ncco2)c1.CC. The van der Waals surface area contributed by atoms with E-state index in [1.807, 2.05) is 87.3 Å². The molecule has 0 amide bonds. The number of anilines is 3. The third kappa shape index (κ3) is 6.56. The molecule has 1 aliphatic rings. The number of aryl methyl sites for hydroxylation is 1. The Morgan fingerprint density at radius 3 is 2.54 bits per heavy atom. The quantitative estimate of drug-likeness (QED) is 0.261. The van der Waals surface area contributed by atoms with E-state index in [9.17, 15) is 0 Å². The molecule has 5 rings (SSSR count). The number of nitrogens with zero attached hydrogens (tertiary/aromatic N) is 6. The molecule has 0 spiro atoms. The minimum atomic E-state index is 0.441. The largest absolute Gasteiger partial charge is 0.444 e. The third-order valence-corrected chi connectivity index (χ3v) is 6.08. The number of benzene rings is 1. The number of rotatable bonds is 7. The molecule has 1 aromatic carbocycles. The second kappa shape index (κ2) is 13.4. The maximum Gasteiger partial charge on any atom is 0.231 e. The minimum absolute atomic E-state index is 0.441. The number of ether oxygens (including phenoxy) is 1. The molecule has 1 aliphatic heterocycles. The van der Waals surface area contributed by atoms with Crippen molar-refractivity contribution in [3.05, 3.63) is 79.0 Å². The third-order valence-electron chi connectivity index (χ3n) is 6.08. The maximum absolute atomic E-state index is 5.80. The molecule has 1 saturated heterocycles. The van der Waals surface area contributed by atoms with E-state index in [1.54, 1.807) is 19.5 Å². The average molecular weight is 527 g/mol. The molecule has 9 nitrogen and oxygen atoms in total. The van der Waals surface area contributed by atoms with Crippen molar-refractivity contribution in [3.63, 3.8) is 0 Å². The van der Waals surface area contributed by atoms with E-state index in [2.05, 4.69) is 26.3 Å². The fraction of sp³-hybridized carbons (Fsp3) is 0.300. The Morgan fingerprint density at radius 2 is 1.87 bits per heavy atom. The Morgan fingerprint density at radius 1 is 1.10 bits per heavy atom. The second-order valence-electron chi connectivity index (χ2n) is 8.60. The number of allylic oxidation sites excluding steroid dienone is 2. The molecule has 0 saturated carbocycles. The van der Waals surface area contributed by atoms with Crippen molar-refractivity contribution in [2.75, 3.05) is 43.6 Å². The van der Waals surface area contributed by atoms with Crippen molar-refractivity contribution < 1.29 is 13.7 Å². The van der Waals surface area contributed by atoms with Crippen LogP contribution in [0.15, 0.2) is 82.8 Å². The first-order chi connectivity index (χ1) is 19.2. The van der Waals surface area contributed by atoms with Crippen LogP contribution in [0.5, 0.6) is 0 Å². The van der Waals surface area contributed by atoms with Crippen molar-refractivity contribution in [2.24, 2.45) is 12.0 Å². The second-order valence-corrected chi connectivity index (χ2v) is 8.60. The first kappa shape index (κ1) is 27.7. The molecular formula is C30H36N7O2+. The van der Waals surface area contributed by atoms with E-state index >= 15 is 0 Å². The number of pyridine rings is 1. The molecule has 0 atom stereocenters. The fourth-order valence-corrected chi connectivity index (χ4v) is 4.21. The molecule has 9 heteroatoms.